The van der Waals surface area contributed by atoms with Gasteiger partial charge in [0.15, 0.2) is 0 Å². The van der Waals surface area contributed by atoms with Gasteiger partial charge in [0.05, 0.1) is 38.0 Å². The number of nitrogens with zero attached hydrogens (tertiary/aromatic N) is 4. The van der Waals surface area contributed by atoms with Gasteiger partial charge in [-0.1, -0.05) is 0 Å². The first kappa shape index (κ1) is 19.4. The Morgan fingerprint density at radius 1 is 1.10 bits per heavy atom. The number of rotatable bonds is 5. The Bertz CT molecular complexity index is 965. The quantitative estimate of drug-likeness (QED) is 0.759. The van der Waals surface area contributed by atoms with Crippen LogP contribution in [0.1, 0.15) is 24.6 Å². The van der Waals surface area contributed by atoms with Gasteiger partial charge in [-0.05, 0) is 19.8 Å². The van der Waals surface area contributed by atoms with Crippen molar-refractivity contribution < 1.29 is 14.3 Å². The number of fused-ring (bicyclic) bond motifs is 1. The van der Waals surface area contributed by atoms with Gasteiger partial charge in [-0.2, -0.15) is 0 Å². The molecule has 0 aliphatic carbocycles. The van der Waals surface area contributed by atoms with E-state index in [0.717, 1.165) is 23.4 Å². The fourth-order valence-corrected chi connectivity index (χ4v) is 4.18. The molecular formula is C21H26N4O4. The Hall–Kier alpha value is -2.87. The Balaban J connectivity index is 1.54. The van der Waals surface area contributed by atoms with Crippen molar-refractivity contribution in [2.45, 2.75) is 38.9 Å². The van der Waals surface area contributed by atoms with Crippen LogP contribution in [0.15, 0.2) is 29.3 Å². The molecule has 0 saturated carbocycles. The second kappa shape index (κ2) is 7.87. The molecule has 1 saturated heterocycles. The number of hydrogen-bond acceptors (Lipinski definition) is 6. The molecule has 29 heavy (non-hydrogen) atoms. The van der Waals surface area contributed by atoms with E-state index in [1.165, 1.54) is 0 Å². The van der Waals surface area contributed by atoms with Gasteiger partial charge in [0.2, 0.25) is 5.91 Å². The van der Waals surface area contributed by atoms with E-state index in [4.69, 9.17) is 9.47 Å². The highest BCUT2D eigenvalue weighted by molar-refractivity contribution is 5.99. The molecule has 2 aliphatic heterocycles. The van der Waals surface area contributed by atoms with E-state index in [1.54, 1.807) is 36.1 Å². The van der Waals surface area contributed by atoms with Gasteiger partial charge < -0.3 is 14.4 Å². The highest BCUT2D eigenvalue weighted by Gasteiger charge is 2.38. The van der Waals surface area contributed by atoms with Crippen LogP contribution in [0.4, 0.5) is 5.69 Å². The van der Waals surface area contributed by atoms with Crippen LogP contribution in [0, 0.1) is 0 Å². The van der Waals surface area contributed by atoms with Crippen molar-refractivity contribution in [3.05, 3.63) is 46.1 Å². The lowest BCUT2D eigenvalue weighted by Gasteiger charge is -2.31. The number of aromatic nitrogens is 2. The van der Waals surface area contributed by atoms with Crippen LogP contribution >= 0.6 is 0 Å². The lowest BCUT2D eigenvalue weighted by atomic mass is 10.0. The molecule has 2 aliphatic rings. The minimum atomic E-state index is -0.212. The number of carbonyl (C=O) groups is 1. The minimum Gasteiger partial charge on any atom is -0.497 e. The molecule has 8 heteroatoms. The Morgan fingerprint density at radius 2 is 1.83 bits per heavy atom. The Kier molecular flexibility index (Phi) is 5.27. The molecule has 4 rings (SSSR count). The first-order valence-electron chi connectivity index (χ1n) is 9.91. The molecule has 2 aromatic rings. The first-order valence-corrected chi connectivity index (χ1v) is 9.91. The van der Waals surface area contributed by atoms with Crippen molar-refractivity contribution in [2.75, 3.05) is 32.2 Å². The molecule has 1 aromatic carbocycles. The van der Waals surface area contributed by atoms with Crippen molar-refractivity contribution in [2.24, 2.45) is 0 Å². The van der Waals surface area contributed by atoms with Gasteiger partial charge in [0.1, 0.15) is 11.5 Å². The van der Waals surface area contributed by atoms with Crippen LogP contribution in [0.25, 0.3) is 0 Å². The summed E-state index contributed by atoms with van der Waals surface area (Å²) in [6.45, 7) is 4.39. The summed E-state index contributed by atoms with van der Waals surface area (Å²) in [7, 11) is 3.19. The molecule has 0 radical (unpaired) electrons. The van der Waals surface area contributed by atoms with Crippen LogP contribution in [0.2, 0.25) is 0 Å². The average molecular weight is 398 g/mol. The first-order chi connectivity index (χ1) is 14.0. The number of methoxy groups -OCH3 is 2. The van der Waals surface area contributed by atoms with Gasteiger partial charge in [-0.25, -0.2) is 4.98 Å². The molecular weight excluding hydrogens is 372 g/mol. The molecule has 1 amide bonds. The fraction of sp³-hybridized carbons (Fsp3) is 0.476. The lowest BCUT2D eigenvalue weighted by Crippen LogP contribution is -2.46. The third kappa shape index (κ3) is 3.48. The summed E-state index contributed by atoms with van der Waals surface area (Å²) >= 11 is 0. The van der Waals surface area contributed by atoms with E-state index in [1.807, 2.05) is 19.1 Å². The molecule has 1 fully saturated rings. The van der Waals surface area contributed by atoms with E-state index >= 15 is 0 Å². The van der Waals surface area contributed by atoms with Gasteiger partial charge >= 0.3 is 0 Å². The van der Waals surface area contributed by atoms with Gasteiger partial charge in [-0.15, -0.1) is 0 Å². The highest BCUT2D eigenvalue weighted by Crippen LogP contribution is 2.32. The van der Waals surface area contributed by atoms with Crippen molar-refractivity contribution in [1.82, 2.24) is 14.5 Å². The molecule has 3 heterocycles. The summed E-state index contributed by atoms with van der Waals surface area (Å²) in [5.74, 6) is 1.36. The zero-order valence-corrected chi connectivity index (χ0v) is 17.1. The molecule has 8 nitrogen and oxygen atoms in total. The lowest BCUT2D eigenvalue weighted by molar-refractivity contribution is -0.122. The maximum atomic E-state index is 13.2. The second-order valence-electron chi connectivity index (χ2n) is 7.35. The van der Waals surface area contributed by atoms with E-state index in [9.17, 15) is 9.59 Å². The average Bonchev–Trinajstić information content (AvgIpc) is 3.14. The summed E-state index contributed by atoms with van der Waals surface area (Å²) in [5.41, 5.74) is 2.39. The number of carbonyl (C=O) groups excluding carboxylic acids is 1. The molecule has 0 N–H and O–H groups in total. The number of aryl methyl sites for hydroxylation is 1. The third-order valence-electron chi connectivity index (χ3n) is 5.83. The molecule has 0 spiro atoms. The molecule has 0 bridgehead atoms. The normalized spacial score (nSPS) is 19.3. The summed E-state index contributed by atoms with van der Waals surface area (Å²) in [6, 6.07) is 5.28. The number of benzene rings is 1. The number of amides is 1. The van der Waals surface area contributed by atoms with E-state index in [0.29, 0.717) is 44.1 Å². The SMILES string of the molecule is CCn1cnc2c(c1=O)CCN(C1CCN(c3cc(OC)cc(OC)c3)C1=O)C2. The maximum Gasteiger partial charge on any atom is 0.256 e. The predicted octanol–water partition coefficient (Wildman–Crippen LogP) is 1.44. The van der Waals surface area contributed by atoms with E-state index in [2.05, 4.69) is 9.88 Å². The van der Waals surface area contributed by atoms with Crippen molar-refractivity contribution >= 4 is 11.6 Å². The molecule has 154 valence electrons. The van der Waals surface area contributed by atoms with Crippen LogP contribution in [0.5, 0.6) is 11.5 Å². The summed E-state index contributed by atoms with van der Waals surface area (Å²) in [6.07, 6.45) is 2.97. The van der Waals surface area contributed by atoms with E-state index < -0.39 is 0 Å². The topological polar surface area (TPSA) is 76.9 Å². The standard InChI is InChI=1S/C21H26N4O4/c1-4-23-13-22-18-12-24(7-5-17(18)20(23)26)19-6-8-25(21(19)27)14-9-15(28-2)11-16(10-14)29-3/h9-11,13,19H,4-8,12H2,1-3H3. The molecule has 1 aromatic heterocycles. The van der Waals surface area contributed by atoms with Crippen molar-refractivity contribution in [1.29, 1.82) is 0 Å². The third-order valence-corrected chi connectivity index (χ3v) is 5.83. The van der Waals surface area contributed by atoms with Gasteiger partial charge in [-0.3, -0.25) is 19.1 Å². The Morgan fingerprint density at radius 3 is 2.48 bits per heavy atom. The van der Waals surface area contributed by atoms with Crippen molar-refractivity contribution in [3.63, 3.8) is 0 Å². The minimum absolute atomic E-state index is 0.0417. The number of anilines is 1. The largest absolute Gasteiger partial charge is 0.497 e. The van der Waals surface area contributed by atoms with E-state index in [-0.39, 0.29) is 17.5 Å². The second-order valence-corrected chi connectivity index (χ2v) is 7.35. The zero-order valence-electron chi connectivity index (χ0n) is 17.1. The highest BCUT2D eigenvalue weighted by atomic mass is 16.5. The number of hydrogen-bond donors (Lipinski definition) is 0. The maximum absolute atomic E-state index is 13.2. The molecule has 1 atom stereocenters. The summed E-state index contributed by atoms with van der Waals surface area (Å²) < 4.78 is 12.3. The summed E-state index contributed by atoms with van der Waals surface area (Å²) in [4.78, 5) is 34.1. The molecule has 1 unspecified atom stereocenters. The van der Waals surface area contributed by atoms with Crippen LogP contribution in [-0.4, -0.2) is 53.7 Å². The van der Waals surface area contributed by atoms with Crippen LogP contribution in [0.3, 0.4) is 0 Å². The monoisotopic (exact) mass is 398 g/mol. The van der Waals surface area contributed by atoms with Crippen LogP contribution in [-0.2, 0) is 24.3 Å². The summed E-state index contributed by atoms with van der Waals surface area (Å²) in [5, 5.41) is 0. The van der Waals surface area contributed by atoms with Crippen LogP contribution < -0.4 is 19.9 Å². The Labute approximate surface area is 169 Å². The van der Waals surface area contributed by atoms with Crippen molar-refractivity contribution in [3.8, 4) is 11.5 Å². The van der Waals surface area contributed by atoms with Gasteiger partial charge in [0, 0.05) is 49.9 Å². The van der Waals surface area contributed by atoms with Gasteiger partial charge in [0.25, 0.3) is 5.56 Å². The smallest absolute Gasteiger partial charge is 0.256 e. The number of ether oxygens (including phenoxy) is 2. The fourth-order valence-electron chi connectivity index (χ4n) is 4.18. The predicted molar refractivity (Wildman–Crippen MR) is 109 cm³/mol. The zero-order chi connectivity index (χ0) is 20.5.